The summed E-state index contributed by atoms with van der Waals surface area (Å²) in [6, 6.07) is -0.424. The predicted octanol–water partition coefficient (Wildman–Crippen LogP) is 1.03. The Kier molecular flexibility index (Phi) is 4.54. The van der Waals surface area contributed by atoms with Crippen molar-refractivity contribution in [2.75, 3.05) is 6.61 Å². The maximum absolute atomic E-state index is 10.8. The highest BCUT2D eigenvalue weighted by molar-refractivity contribution is 5.76. The highest BCUT2D eigenvalue weighted by atomic mass is 16.5. The van der Waals surface area contributed by atoms with E-state index in [0.29, 0.717) is 6.61 Å². The van der Waals surface area contributed by atoms with Crippen LogP contribution >= 0.6 is 0 Å². The van der Waals surface area contributed by atoms with Gasteiger partial charge in [-0.2, -0.15) is 0 Å². The third-order valence-corrected chi connectivity index (χ3v) is 1.06. The van der Waals surface area contributed by atoms with Crippen LogP contribution < -0.4 is 0 Å². The second-order valence-corrected chi connectivity index (χ2v) is 2.03. The average Bonchev–Trinajstić information content (AvgIpc) is 1.98. The molecule has 0 aromatic rings. The Balaban J connectivity index is 3.51. The number of rotatable bonds is 4. The summed E-state index contributed by atoms with van der Waals surface area (Å²) < 4.78 is 4.77. The van der Waals surface area contributed by atoms with Crippen LogP contribution in [0.25, 0.3) is 0 Å². The Hall–Kier alpha value is -0.860. The summed E-state index contributed by atoms with van der Waals surface area (Å²) in [5, 5.41) is 0. The first-order chi connectivity index (χ1) is 4.72. The molecule has 0 spiro atoms. The van der Waals surface area contributed by atoms with Gasteiger partial charge in [-0.25, -0.2) is 4.79 Å². The van der Waals surface area contributed by atoms with Crippen LogP contribution in [0.5, 0.6) is 0 Å². The van der Waals surface area contributed by atoms with Crippen LogP contribution in [0.2, 0.25) is 0 Å². The van der Waals surface area contributed by atoms with E-state index in [9.17, 15) is 4.79 Å². The molecular formula is C7H13NO2. The lowest BCUT2D eigenvalue weighted by Gasteiger charge is -2.04. The number of esters is 1. The minimum Gasteiger partial charge on any atom is -0.464 e. The number of ether oxygens (including phenoxy) is 1. The second kappa shape index (κ2) is 4.97. The lowest BCUT2D eigenvalue weighted by atomic mass is 10.4. The van der Waals surface area contributed by atoms with Crippen molar-refractivity contribution >= 4 is 12.7 Å². The zero-order valence-corrected chi connectivity index (χ0v) is 6.46. The van der Waals surface area contributed by atoms with Crippen molar-refractivity contribution in [1.82, 2.24) is 0 Å². The molecule has 0 aromatic carbocycles. The van der Waals surface area contributed by atoms with E-state index in [1.807, 2.05) is 6.92 Å². The number of aliphatic imine (C=N–C) groups is 1. The average molecular weight is 143 g/mol. The van der Waals surface area contributed by atoms with E-state index in [2.05, 4.69) is 11.7 Å². The van der Waals surface area contributed by atoms with Crippen molar-refractivity contribution in [1.29, 1.82) is 0 Å². The summed E-state index contributed by atoms with van der Waals surface area (Å²) in [7, 11) is 0. The summed E-state index contributed by atoms with van der Waals surface area (Å²) in [6.45, 7) is 7.31. The third kappa shape index (κ3) is 3.22. The first-order valence-corrected chi connectivity index (χ1v) is 3.34. The molecule has 0 amide bonds. The minimum atomic E-state index is -0.424. The molecule has 0 saturated heterocycles. The van der Waals surface area contributed by atoms with E-state index >= 15 is 0 Å². The highest BCUT2D eigenvalue weighted by Crippen LogP contribution is 1.92. The molecule has 0 N–H and O–H groups in total. The molecule has 3 nitrogen and oxygen atoms in total. The molecule has 3 heteroatoms. The molecule has 0 unspecified atom stereocenters. The molecule has 0 heterocycles. The molecule has 0 aliphatic carbocycles. The van der Waals surface area contributed by atoms with Gasteiger partial charge in [-0.05, 0) is 20.1 Å². The Morgan fingerprint density at radius 3 is 2.80 bits per heavy atom. The third-order valence-electron chi connectivity index (χ3n) is 1.06. The van der Waals surface area contributed by atoms with Gasteiger partial charge in [-0.1, -0.05) is 6.92 Å². The molecule has 1 atom stereocenters. The molecular weight excluding hydrogens is 130 g/mol. The molecule has 0 fully saturated rings. The summed E-state index contributed by atoms with van der Waals surface area (Å²) in [4.78, 5) is 14.3. The zero-order chi connectivity index (χ0) is 7.98. The van der Waals surface area contributed by atoms with Crippen LogP contribution in [0, 0.1) is 0 Å². The fraction of sp³-hybridized carbons (Fsp3) is 0.714. The number of nitrogens with zero attached hydrogens (tertiary/aromatic N) is 1. The van der Waals surface area contributed by atoms with Gasteiger partial charge in [-0.15, -0.1) is 0 Å². The SMILES string of the molecule is C=N[C@@H](C)C(=O)OCCC. The van der Waals surface area contributed by atoms with E-state index in [0.717, 1.165) is 6.42 Å². The second-order valence-electron chi connectivity index (χ2n) is 2.03. The van der Waals surface area contributed by atoms with Crippen LogP contribution in [0.3, 0.4) is 0 Å². The van der Waals surface area contributed by atoms with Gasteiger partial charge in [0, 0.05) is 0 Å². The Labute approximate surface area is 61.1 Å². The normalized spacial score (nSPS) is 12.2. The van der Waals surface area contributed by atoms with Crippen LogP contribution in [-0.4, -0.2) is 25.3 Å². The molecule has 0 aliphatic rings. The first kappa shape index (κ1) is 9.14. The Bertz CT molecular complexity index is 123. The van der Waals surface area contributed by atoms with Gasteiger partial charge in [0.15, 0.2) is 0 Å². The monoisotopic (exact) mass is 143 g/mol. The highest BCUT2D eigenvalue weighted by Gasteiger charge is 2.09. The first-order valence-electron chi connectivity index (χ1n) is 3.34. The molecule has 58 valence electrons. The van der Waals surface area contributed by atoms with E-state index in [4.69, 9.17) is 4.74 Å². The molecule has 0 aliphatic heterocycles. The van der Waals surface area contributed by atoms with Gasteiger partial charge in [0.05, 0.1) is 6.61 Å². The number of carbonyl (C=O) groups is 1. The quantitative estimate of drug-likeness (QED) is 0.435. The fourth-order valence-corrected chi connectivity index (χ4v) is 0.398. The Morgan fingerprint density at radius 1 is 1.80 bits per heavy atom. The van der Waals surface area contributed by atoms with E-state index in [-0.39, 0.29) is 5.97 Å². The fourth-order valence-electron chi connectivity index (χ4n) is 0.398. The van der Waals surface area contributed by atoms with Crippen molar-refractivity contribution < 1.29 is 9.53 Å². The van der Waals surface area contributed by atoms with Gasteiger partial charge >= 0.3 is 5.97 Å². The van der Waals surface area contributed by atoms with Crippen molar-refractivity contribution in [2.45, 2.75) is 26.3 Å². The number of carbonyl (C=O) groups excluding carboxylic acids is 1. The molecule has 0 rings (SSSR count). The topological polar surface area (TPSA) is 38.7 Å². The van der Waals surface area contributed by atoms with Gasteiger partial charge < -0.3 is 4.74 Å². The maximum Gasteiger partial charge on any atom is 0.330 e. The van der Waals surface area contributed by atoms with E-state index in [1.54, 1.807) is 6.92 Å². The smallest absolute Gasteiger partial charge is 0.330 e. The van der Waals surface area contributed by atoms with Gasteiger partial charge in [-0.3, -0.25) is 4.99 Å². The summed E-state index contributed by atoms with van der Waals surface area (Å²) in [5.74, 6) is -0.295. The number of hydrogen-bond acceptors (Lipinski definition) is 3. The summed E-state index contributed by atoms with van der Waals surface area (Å²) in [5.41, 5.74) is 0. The van der Waals surface area contributed by atoms with Crippen LogP contribution in [0.15, 0.2) is 4.99 Å². The lowest BCUT2D eigenvalue weighted by molar-refractivity contribution is -0.144. The number of hydrogen-bond donors (Lipinski definition) is 0. The van der Waals surface area contributed by atoms with Gasteiger partial charge in [0.2, 0.25) is 0 Å². The Morgan fingerprint density at radius 2 is 2.40 bits per heavy atom. The predicted molar refractivity (Wildman–Crippen MR) is 40.3 cm³/mol. The largest absolute Gasteiger partial charge is 0.464 e. The maximum atomic E-state index is 10.8. The van der Waals surface area contributed by atoms with Gasteiger partial charge in [0.25, 0.3) is 0 Å². The lowest BCUT2D eigenvalue weighted by Crippen LogP contribution is -2.17. The van der Waals surface area contributed by atoms with Gasteiger partial charge in [0.1, 0.15) is 6.04 Å². The molecule has 0 aromatic heterocycles. The van der Waals surface area contributed by atoms with Crippen LogP contribution in [-0.2, 0) is 9.53 Å². The van der Waals surface area contributed by atoms with Crippen molar-refractivity contribution in [2.24, 2.45) is 4.99 Å². The summed E-state index contributed by atoms with van der Waals surface area (Å²) >= 11 is 0. The summed E-state index contributed by atoms with van der Waals surface area (Å²) in [6.07, 6.45) is 0.843. The molecule has 0 radical (unpaired) electrons. The minimum absolute atomic E-state index is 0.295. The molecule has 0 saturated carbocycles. The van der Waals surface area contributed by atoms with Crippen LogP contribution in [0.4, 0.5) is 0 Å². The van der Waals surface area contributed by atoms with E-state index < -0.39 is 6.04 Å². The van der Waals surface area contributed by atoms with E-state index in [1.165, 1.54) is 0 Å². The molecule has 10 heavy (non-hydrogen) atoms. The molecule has 0 bridgehead atoms. The van der Waals surface area contributed by atoms with Crippen molar-refractivity contribution in [3.05, 3.63) is 0 Å². The van der Waals surface area contributed by atoms with Crippen molar-refractivity contribution in [3.63, 3.8) is 0 Å². The van der Waals surface area contributed by atoms with Crippen molar-refractivity contribution in [3.8, 4) is 0 Å². The van der Waals surface area contributed by atoms with Crippen LogP contribution in [0.1, 0.15) is 20.3 Å². The zero-order valence-electron chi connectivity index (χ0n) is 6.46. The standard InChI is InChI=1S/C7H13NO2/c1-4-5-10-7(9)6(2)8-3/h6H,3-5H2,1-2H3/t6-/m0/s1.